The topological polar surface area (TPSA) is 63.3 Å². The molecule has 0 saturated heterocycles. The Bertz CT molecular complexity index is 720. The maximum absolute atomic E-state index is 12.7. The van der Waals surface area contributed by atoms with E-state index in [0.717, 1.165) is 30.3 Å². The summed E-state index contributed by atoms with van der Waals surface area (Å²) in [6.45, 7) is 5.47. The van der Waals surface area contributed by atoms with Gasteiger partial charge in [0, 0.05) is 30.4 Å². The number of urea groups is 1. The van der Waals surface area contributed by atoms with E-state index in [4.69, 9.17) is 4.42 Å². The third kappa shape index (κ3) is 3.89. The molecule has 0 aliphatic heterocycles. The van der Waals surface area contributed by atoms with Gasteiger partial charge in [-0.15, -0.1) is 0 Å². The molecule has 0 aromatic carbocycles. The predicted octanol–water partition coefficient (Wildman–Crippen LogP) is 3.36. The monoisotopic (exact) mass is 342 g/mol. The molecule has 25 heavy (non-hydrogen) atoms. The van der Waals surface area contributed by atoms with Crippen molar-refractivity contribution in [1.82, 2.24) is 20.0 Å². The number of nitrogens with one attached hydrogen (secondary N) is 1. The van der Waals surface area contributed by atoms with Gasteiger partial charge < -0.3 is 14.6 Å². The van der Waals surface area contributed by atoms with Gasteiger partial charge in [0.25, 0.3) is 0 Å². The Labute approximate surface area is 148 Å². The zero-order valence-corrected chi connectivity index (χ0v) is 14.9. The fraction of sp³-hybridized carbons (Fsp3) is 0.579. The number of furan rings is 1. The summed E-state index contributed by atoms with van der Waals surface area (Å²) in [5.41, 5.74) is 0. The number of hydrogen-bond donors (Lipinski definition) is 1. The molecule has 2 amide bonds. The Morgan fingerprint density at radius 2 is 2.28 bits per heavy atom. The standard InChI is InChI=1S/C19H26N4O2/c1-13-10-17(13)18-7-6-16(25-18)12-23(15-4-5-15)19(24)21-14(2)11-22-9-3-8-20-22/h3,6-9,13-15,17H,4-5,10-12H2,1-2H3,(H,21,24)/t13-,14+,17-/m0/s1. The van der Waals surface area contributed by atoms with Gasteiger partial charge in [-0.05, 0) is 50.3 Å². The normalized spacial score (nSPS) is 23.3. The molecule has 1 N–H and O–H groups in total. The number of aromatic nitrogens is 2. The second-order valence-electron chi connectivity index (χ2n) is 7.56. The van der Waals surface area contributed by atoms with E-state index < -0.39 is 0 Å². The van der Waals surface area contributed by atoms with Crippen molar-refractivity contribution in [3.8, 4) is 0 Å². The molecular weight excluding hydrogens is 316 g/mol. The summed E-state index contributed by atoms with van der Waals surface area (Å²) in [5.74, 6) is 3.26. The zero-order valence-electron chi connectivity index (χ0n) is 14.9. The first kappa shape index (κ1) is 16.2. The van der Waals surface area contributed by atoms with Crippen LogP contribution in [-0.4, -0.2) is 32.8 Å². The predicted molar refractivity (Wildman–Crippen MR) is 94.0 cm³/mol. The van der Waals surface area contributed by atoms with Crippen molar-refractivity contribution in [1.29, 1.82) is 0 Å². The van der Waals surface area contributed by atoms with Crippen LogP contribution in [0.15, 0.2) is 35.0 Å². The summed E-state index contributed by atoms with van der Waals surface area (Å²) in [6.07, 6.45) is 7.03. The molecule has 2 aromatic rings. The molecule has 0 unspecified atom stereocenters. The molecule has 2 fully saturated rings. The minimum atomic E-state index is -0.0140. The van der Waals surface area contributed by atoms with Crippen LogP contribution in [0.2, 0.25) is 0 Å². The van der Waals surface area contributed by atoms with Crippen molar-refractivity contribution in [3.05, 3.63) is 42.1 Å². The minimum absolute atomic E-state index is 0.0140. The SMILES string of the molecule is C[C@H](Cn1cccn1)NC(=O)N(Cc1ccc([C@H]2C[C@@H]2C)o1)C1CC1. The summed E-state index contributed by atoms with van der Waals surface area (Å²) in [6, 6.07) is 6.34. The number of amides is 2. The molecule has 0 bridgehead atoms. The summed E-state index contributed by atoms with van der Waals surface area (Å²) >= 11 is 0. The van der Waals surface area contributed by atoms with Gasteiger partial charge in [0.1, 0.15) is 11.5 Å². The molecule has 6 nitrogen and oxygen atoms in total. The molecule has 0 spiro atoms. The van der Waals surface area contributed by atoms with Crippen LogP contribution < -0.4 is 5.32 Å². The van der Waals surface area contributed by atoms with E-state index in [1.807, 2.05) is 34.8 Å². The molecule has 4 rings (SSSR count). The first-order chi connectivity index (χ1) is 12.1. The highest BCUT2D eigenvalue weighted by atomic mass is 16.3. The van der Waals surface area contributed by atoms with Crippen molar-refractivity contribution in [2.75, 3.05) is 0 Å². The fourth-order valence-electron chi connectivity index (χ4n) is 3.35. The van der Waals surface area contributed by atoms with Gasteiger partial charge in [0.2, 0.25) is 0 Å². The Kier molecular flexibility index (Phi) is 4.27. The number of carbonyl (C=O) groups is 1. The molecule has 2 saturated carbocycles. The van der Waals surface area contributed by atoms with Crippen LogP contribution in [0.4, 0.5) is 4.79 Å². The number of hydrogen-bond acceptors (Lipinski definition) is 3. The zero-order chi connectivity index (χ0) is 17.4. The second-order valence-corrected chi connectivity index (χ2v) is 7.56. The van der Waals surface area contributed by atoms with E-state index in [1.165, 1.54) is 6.42 Å². The Balaban J connectivity index is 1.35. The van der Waals surface area contributed by atoms with E-state index >= 15 is 0 Å². The van der Waals surface area contributed by atoms with Crippen LogP contribution in [0.5, 0.6) is 0 Å². The fourth-order valence-corrected chi connectivity index (χ4v) is 3.35. The van der Waals surface area contributed by atoms with Crippen molar-refractivity contribution < 1.29 is 9.21 Å². The molecule has 3 atom stereocenters. The molecule has 0 radical (unpaired) electrons. The number of carbonyl (C=O) groups excluding carboxylic acids is 1. The third-order valence-electron chi connectivity index (χ3n) is 5.12. The Morgan fingerprint density at radius 1 is 1.48 bits per heavy atom. The molecular formula is C19H26N4O2. The lowest BCUT2D eigenvalue weighted by atomic mass is 10.3. The van der Waals surface area contributed by atoms with Gasteiger partial charge in [-0.2, -0.15) is 5.10 Å². The van der Waals surface area contributed by atoms with Gasteiger partial charge in [0.15, 0.2) is 0 Å². The van der Waals surface area contributed by atoms with Crippen molar-refractivity contribution in [2.24, 2.45) is 5.92 Å². The lowest BCUT2D eigenvalue weighted by Gasteiger charge is -2.24. The van der Waals surface area contributed by atoms with Gasteiger partial charge in [-0.1, -0.05) is 6.92 Å². The van der Waals surface area contributed by atoms with E-state index in [9.17, 15) is 4.79 Å². The second kappa shape index (κ2) is 6.58. The third-order valence-corrected chi connectivity index (χ3v) is 5.12. The summed E-state index contributed by atoms with van der Waals surface area (Å²) in [4.78, 5) is 14.6. The van der Waals surface area contributed by atoms with Crippen LogP contribution in [0.25, 0.3) is 0 Å². The summed E-state index contributed by atoms with van der Waals surface area (Å²) < 4.78 is 7.83. The van der Waals surface area contributed by atoms with E-state index in [-0.39, 0.29) is 12.1 Å². The summed E-state index contributed by atoms with van der Waals surface area (Å²) in [5, 5.41) is 7.28. The molecule has 6 heteroatoms. The Hall–Kier alpha value is -2.24. The van der Waals surface area contributed by atoms with E-state index in [1.54, 1.807) is 6.20 Å². The van der Waals surface area contributed by atoms with Gasteiger partial charge in [-0.25, -0.2) is 4.79 Å². The lowest BCUT2D eigenvalue weighted by Crippen LogP contribution is -2.45. The smallest absolute Gasteiger partial charge is 0.318 e. The maximum atomic E-state index is 12.7. The first-order valence-electron chi connectivity index (χ1n) is 9.23. The van der Waals surface area contributed by atoms with Crippen LogP contribution in [0.3, 0.4) is 0 Å². The highest BCUT2D eigenvalue weighted by Crippen LogP contribution is 2.47. The molecule has 2 heterocycles. The van der Waals surface area contributed by atoms with Crippen LogP contribution >= 0.6 is 0 Å². The average molecular weight is 342 g/mol. The van der Waals surface area contributed by atoms with Gasteiger partial charge >= 0.3 is 6.03 Å². The number of nitrogens with zero attached hydrogens (tertiary/aromatic N) is 3. The van der Waals surface area contributed by atoms with Crippen molar-refractivity contribution >= 4 is 6.03 Å². The van der Waals surface area contributed by atoms with E-state index in [0.29, 0.717) is 25.0 Å². The Morgan fingerprint density at radius 3 is 2.92 bits per heavy atom. The molecule has 2 aromatic heterocycles. The van der Waals surface area contributed by atoms with Crippen molar-refractivity contribution in [2.45, 2.75) is 64.2 Å². The minimum Gasteiger partial charge on any atom is -0.464 e. The molecule has 2 aliphatic rings. The molecule has 2 aliphatic carbocycles. The average Bonchev–Trinajstić information content (AvgIpc) is 3.43. The number of rotatable bonds is 7. The van der Waals surface area contributed by atoms with Gasteiger partial charge in [0.05, 0.1) is 13.1 Å². The van der Waals surface area contributed by atoms with Crippen LogP contribution in [0.1, 0.15) is 50.5 Å². The summed E-state index contributed by atoms with van der Waals surface area (Å²) in [7, 11) is 0. The van der Waals surface area contributed by atoms with E-state index in [2.05, 4.69) is 23.4 Å². The quantitative estimate of drug-likeness (QED) is 0.839. The highest BCUT2D eigenvalue weighted by Gasteiger charge is 2.37. The van der Waals surface area contributed by atoms with Gasteiger partial charge in [-0.3, -0.25) is 4.68 Å². The van der Waals surface area contributed by atoms with Crippen molar-refractivity contribution in [3.63, 3.8) is 0 Å². The maximum Gasteiger partial charge on any atom is 0.318 e. The lowest BCUT2D eigenvalue weighted by molar-refractivity contribution is 0.182. The largest absolute Gasteiger partial charge is 0.464 e. The van der Waals surface area contributed by atoms with Crippen LogP contribution in [0, 0.1) is 5.92 Å². The highest BCUT2D eigenvalue weighted by molar-refractivity contribution is 5.75. The first-order valence-corrected chi connectivity index (χ1v) is 9.23. The van der Waals surface area contributed by atoms with Crippen LogP contribution in [-0.2, 0) is 13.1 Å². The molecule has 134 valence electrons.